The molecule has 3 aromatic rings. The number of aromatic nitrogens is 1. The largest absolute Gasteiger partial charge is 0.411 e. The number of benzene rings is 2. The molecule has 0 saturated carbocycles. The topological polar surface area (TPSA) is 94.8 Å². The van der Waals surface area contributed by atoms with Crippen molar-refractivity contribution < 1.29 is 15.1 Å². The average molecular weight is 418 g/mol. The van der Waals surface area contributed by atoms with E-state index in [1.54, 1.807) is 18.3 Å². The molecule has 0 aliphatic carbocycles. The second-order valence-corrected chi connectivity index (χ2v) is 7.45. The van der Waals surface area contributed by atoms with Crippen LogP contribution in [0.4, 0.5) is 0 Å². The Bertz CT molecular complexity index is 1060. The highest BCUT2D eigenvalue weighted by molar-refractivity contribution is 6.01. The van der Waals surface area contributed by atoms with Crippen LogP contribution in [0.2, 0.25) is 0 Å². The van der Waals surface area contributed by atoms with Crippen LogP contribution in [0.3, 0.4) is 0 Å². The fraction of sp³-hybridized carbons (Fsp3) is 0.240. The van der Waals surface area contributed by atoms with Crippen LogP contribution >= 0.6 is 0 Å². The molecule has 6 nitrogen and oxygen atoms in total. The van der Waals surface area contributed by atoms with E-state index in [4.69, 9.17) is 5.11 Å². The third-order valence-corrected chi connectivity index (χ3v) is 5.28. The van der Waals surface area contributed by atoms with Crippen molar-refractivity contribution in [2.24, 2.45) is 5.16 Å². The first-order valence-electron chi connectivity index (χ1n) is 10.2. The zero-order valence-electron chi connectivity index (χ0n) is 17.7. The molecule has 1 aromatic heterocycles. The molecule has 0 saturated heterocycles. The predicted octanol–water partition coefficient (Wildman–Crippen LogP) is 3.82. The summed E-state index contributed by atoms with van der Waals surface area (Å²) in [5, 5.41) is 24.9. The number of nitrogens with one attached hydrogen (secondary N) is 1. The number of aryl methyl sites for hydroxylation is 2. The van der Waals surface area contributed by atoms with E-state index < -0.39 is 0 Å². The normalized spacial score (nSPS) is 12.4. The van der Waals surface area contributed by atoms with Gasteiger partial charge in [-0.15, -0.1) is 0 Å². The molecule has 3 N–H and O–H groups in total. The van der Waals surface area contributed by atoms with E-state index in [1.165, 1.54) is 0 Å². The van der Waals surface area contributed by atoms with Gasteiger partial charge in [-0.2, -0.15) is 0 Å². The van der Waals surface area contributed by atoms with Gasteiger partial charge in [0.05, 0.1) is 12.3 Å². The first kappa shape index (κ1) is 22.2. The summed E-state index contributed by atoms with van der Waals surface area (Å²) in [6.07, 6.45) is 2.19. The summed E-state index contributed by atoms with van der Waals surface area (Å²) in [5.74, 6) is -0.284. The van der Waals surface area contributed by atoms with Gasteiger partial charge in [-0.1, -0.05) is 41.6 Å². The lowest BCUT2D eigenvalue weighted by molar-refractivity contribution is 0.0944. The van der Waals surface area contributed by atoms with Gasteiger partial charge in [0.2, 0.25) is 0 Å². The van der Waals surface area contributed by atoms with Gasteiger partial charge in [-0.05, 0) is 54.8 Å². The molecule has 0 aliphatic rings. The highest BCUT2D eigenvalue weighted by Gasteiger charge is 2.21. The summed E-state index contributed by atoms with van der Waals surface area (Å²) in [6, 6.07) is 19.3. The van der Waals surface area contributed by atoms with Gasteiger partial charge in [0, 0.05) is 41.9 Å². The number of carbonyl (C=O) groups is 1. The number of aliphatic hydroxyl groups excluding tert-OH is 1. The zero-order valence-corrected chi connectivity index (χ0v) is 17.7. The predicted molar refractivity (Wildman–Crippen MR) is 121 cm³/mol. The van der Waals surface area contributed by atoms with Crippen LogP contribution in [0.25, 0.3) is 0 Å². The molecular formula is C25H27N3O3. The number of nitrogens with zero attached hydrogens (tertiary/aromatic N) is 2. The number of rotatable bonds is 8. The maximum atomic E-state index is 12.2. The minimum atomic E-state index is -0.224. The second kappa shape index (κ2) is 10.5. The summed E-state index contributed by atoms with van der Waals surface area (Å²) < 4.78 is 0. The Labute approximate surface area is 182 Å². The Balaban J connectivity index is 1.96. The quantitative estimate of drug-likeness (QED) is 0.295. The monoisotopic (exact) mass is 417 g/mol. The number of carbonyl (C=O) groups excluding carboxylic acids is 1. The van der Waals surface area contributed by atoms with Gasteiger partial charge in [0.1, 0.15) is 0 Å². The van der Waals surface area contributed by atoms with Crippen LogP contribution in [0, 0.1) is 13.8 Å². The standard InChI is InChI=1S/C25H27N3O3/c1-17-5-3-4-6-22(17)23(16-24(28-31)21-11-12-26-18(2)15-21)19-7-9-20(10-8-19)25(30)27-13-14-29/h3-12,15,23,29,31H,13-14,16H2,1-2H3,(H,27,30)/t23-/m1/s1. The van der Waals surface area contributed by atoms with Gasteiger partial charge in [0.15, 0.2) is 0 Å². The van der Waals surface area contributed by atoms with E-state index >= 15 is 0 Å². The lowest BCUT2D eigenvalue weighted by Crippen LogP contribution is -2.26. The number of oxime groups is 1. The van der Waals surface area contributed by atoms with E-state index in [0.717, 1.165) is 27.9 Å². The molecule has 0 unspecified atom stereocenters. The molecule has 1 heterocycles. The van der Waals surface area contributed by atoms with Crippen molar-refractivity contribution in [3.05, 3.63) is 100 Å². The van der Waals surface area contributed by atoms with Gasteiger partial charge >= 0.3 is 0 Å². The number of aliphatic hydroxyl groups is 1. The van der Waals surface area contributed by atoms with Crippen molar-refractivity contribution in [3.63, 3.8) is 0 Å². The van der Waals surface area contributed by atoms with Crippen LogP contribution in [0.1, 0.15) is 50.6 Å². The second-order valence-electron chi connectivity index (χ2n) is 7.45. The maximum absolute atomic E-state index is 12.2. The molecule has 31 heavy (non-hydrogen) atoms. The molecule has 0 spiro atoms. The van der Waals surface area contributed by atoms with Crippen molar-refractivity contribution in [1.82, 2.24) is 10.3 Å². The van der Waals surface area contributed by atoms with E-state index in [2.05, 4.69) is 34.5 Å². The highest BCUT2D eigenvalue weighted by atomic mass is 16.4. The summed E-state index contributed by atoms with van der Waals surface area (Å²) >= 11 is 0. The van der Waals surface area contributed by atoms with E-state index in [-0.39, 0.29) is 25.0 Å². The Hall–Kier alpha value is -3.51. The summed E-state index contributed by atoms with van der Waals surface area (Å²) in [6.45, 7) is 4.08. The summed E-state index contributed by atoms with van der Waals surface area (Å²) in [5.41, 5.74) is 6.07. The number of pyridine rings is 1. The molecule has 6 heteroatoms. The summed E-state index contributed by atoms with van der Waals surface area (Å²) in [7, 11) is 0. The zero-order chi connectivity index (χ0) is 22.2. The first-order valence-corrected chi connectivity index (χ1v) is 10.2. The Morgan fingerprint density at radius 2 is 1.81 bits per heavy atom. The van der Waals surface area contributed by atoms with Crippen LogP contribution in [0.15, 0.2) is 72.0 Å². The van der Waals surface area contributed by atoms with Crippen molar-refractivity contribution in [3.8, 4) is 0 Å². The SMILES string of the molecule is Cc1cc(C(C[C@H](c2ccc(C(=O)NCCO)cc2)c2ccccc2C)=NO)ccn1. The molecular weight excluding hydrogens is 390 g/mol. The first-order chi connectivity index (χ1) is 15.0. The smallest absolute Gasteiger partial charge is 0.251 e. The van der Waals surface area contributed by atoms with Crippen LogP contribution in [0.5, 0.6) is 0 Å². The number of hydrogen-bond donors (Lipinski definition) is 3. The number of amides is 1. The minimum Gasteiger partial charge on any atom is -0.411 e. The Morgan fingerprint density at radius 1 is 1.06 bits per heavy atom. The Morgan fingerprint density at radius 3 is 2.45 bits per heavy atom. The van der Waals surface area contributed by atoms with Crippen LogP contribution in [-0.4, -0.2) is 40.1 Å². The Kier molecular flexibility index (Phi) is 7.51. The van der Waals surface area contributed by atoms with Crippen LogP contribution < -0.4 is 5.32 Å². The number of hydrogen-bond acceptors (Lipinski definition) is 5. The van der Waals surface area contributed by atoms with E-state index in [1.807, 2.05) is 43.3 Å². The van der Waals surface area contributed by atoms with Gasteiger partial charge in [-0.25, -0.2) is 0 Å². The molecule has 160 valence electrons. The summed E-state index contributed by atoms with van der Waals surface area (Å²) in [4.78, 5) is 16.4. The fourth-order valence-electron chi connectivity index (χ4n) is 3.66. The maximum Gasteiger partial charge on any atom is 0.251 e. The van der Waals surface area contributed by atoms with Gasteiger partial charge < -0.3 is 15.6 Å². The van der Waals surface area contributed by atoms with Gasteiger partial charge in [0.25, 0.3) is 5.91 Å². The lowest BCUT2D eigenvalue weighted by atomic mass is 9.83. The molecule has 0 radical (unpaired) electrons. The van der Waals surface area contributed by atoms with Gasteiger partial charge in [-0.3, -0.25) is 9.78 Å². The van der Waals surface area contributed by atoms with Crippen molar-refractivity contribution >= 4 is 11.6 Å². The third kappa shape index (κ3) is 5.55. The van der Waals surface area contributed by atoms with E-state index in [9.17, 15) is 10.0 Å². The molecule has 0 bridgehead atoms. The van der Waals surface area contributed by atoms with Crippen molar-refractivity contribution in [1.29, 1.82) is 0 Å². The molecule has 2 aromatic carbocycles. The van der Waals surface area contributed by atoms with E-state index in [0.29, 0.717) is 17.7 Å². The molecule has 1 amide bonds. The van der Waals surface area contributed by atoms with Crippen molar-refractivity contribution in [2.45, 2.75) is 26.2 Å². The molecule has 3 rings (SSSR count). The fourth-order valence-corrected chi connectivity index (χ4v) is 3.66. The lowest BCUT2D eigenvalue weighted by Gasteiger charge is -2.21. The molecule has 0 aliphatic heterocycles. The average Bonchev–Trinajstić information content (AvgIpc) is 2.79. The highest BCUT2D eigenvalue weighted by Crippen LogP contribution is 2.32. The minimum absolute atomic E-state index is 0.0601. The molecule has 1 atom stereocenters. The van der Waals surface area contributed by atoms with Crippen molar-refractivity contribution in [2.75, 3.05) is 13.2 Å². The van der Waals surface area contributed by atoms with Crippen LogP contribution in [-0.2, 0) is 0 Å². The third-order valence-electron chi connectivity index (χ3n) is 5.28. The molecule has 0 fully saturated rings.